The van der Waals surface area contributed by atoms with Crippen LogP contribution in [0.1, 0.15) is 36.5 Å². The van der Waals surface area contributed by atoms with Gasteiger partial charge >= 0.3 is 0 Å². The van der Waals surface area contributed by atoms with Crippen molar-refractivity contribution in [3.05, 3.63) is 66.0 Å². The van der Waals surface area contributed by atoms with Crippen LogP contribution in [0.2, 0.25) is 0 Å². The van der Waals surface area contributed by atoms with Gasteiger partial charge in [-0.05, 0) is 47.4 Å². The van der Waals surface area contributed by atoms with Crippen molar-refractivity contribution in [2.24, 2.45) is 0 Å². The Morgan fingerprint density at radius 3 is 2.69 bits per heavy atom. The van der Waals surface area contributed by atoms with Crippen LogP contribution in [0.25, 0.3) is 21.9 Å². The predicted octanol–water partition coefficient (Wildman–Crippen LogP) is 4.28. The number of carbonyl (C=O) groups excluding carboxylic acids is 1. The van der Waals surface area contributed by atoms with E-state index in [9.17, 15) is 14.3 Å². The van der Waals surface area contributed by atoms with E-state index < -0.39 is 0 Å². The van der Waals surface area contributed by atoms with E-state index in [1.54, 1.807) is 6.07 Å². The SMILES string of the molecule is CCCCOc1cc(F)ccc1-c1ccc(C(=O)N[C@H]2CN[C@H](CO)C2)c2ccccc12. The maximum atomic E-state index is 13.9. The molecule has 1 heterocycles. The number of amides is 1. The molecule has 1 aliphatic heterocycles. The molecule has 6 heteroatoms. The monoisotopic (exact) mass is 436 g/mol. The second-order valence-corrected chi connectivity index (χ2v) is 8.24. The molecule has 0 radical (unpaired) electrons. The van der Waals surface area contributed by atoms with E-state index in [-0.39, 0.29) is 30.4 Å². The fourth-order valence-electron chi connectivity index (χ4n) is 4.23. The van der Waals surface area contributed by atoms with E-state index in [2.05, 4.69) is 17.6 Å². The third-order valence-corrected chi connectivity index (χ3v) is 5.94. The maximum absolute atomic E-state index is 13.9. The summed E-state index contributed by atoms with van der Waals surface area (Å²) in [5.41, 5.74) is 2.29. The minimum atomic E-state index is -0.341. The van der Waals surface area contributed by atoms with E-state index in [1.165, 1.54) is 12.1 Å². The summed E-state index contributed by atoms with van der Waals surface area (Å²) in [4.78, 5) is 13.1. The zero-order valence-electron chi connectivity index (χ0n) is 18.2. The zero-order chi connectivity index (χ0) is 22.5. The van der Waals surface area contributed by atoms with Gasteiger partial charge in [0.25, 0.3) is 5.91 Å². The highest BCUT2D eigenvalue weighted by atomic mass is 19.1. The molecule has 1 saturated heterocycles. The van der Waals surface area contributed by atoms with Crippen molar-refractivity contribution in [2.75, 3.05) is 19.8 Å². The molecule has 3 N–H and O–H groups in total. The smallest absolute Gasteiger partial charge is 0.252 e. The van der Waals surface area contributed by atoms with Crippen LogP contribution in [0, 0.1) is 5.82 Å². The van der Waals surface area contributed by atoms with Crippen LogP contribution < -0.4 is 15.4 Å². The number of hydrogen-bond donors (Lipinski definition) is 3. The molecular weight excluding hydrogens is 407 g/mol. The summed E-state index contributed by atoms with van der Waals surface area (Å²) in [5.74, 6) is 0.0245. The second-order valence-electron chi connectivity index (χ2n) is 8.24. The molecule has 3 aromatic carbocycles. The molecule has 4 rings (SSSR count). The summed E-state index contributed by atoms with van der Waals surface area (Å²) in [7, 11) is 0. The van der Waals surface area contributed by atoms with Gasteiger partial charge in [-0.2, -0.15) is 0 Å². The lowest BCUT2D eigenvalue weighted by molar-refractivity contribution is 0.0940. The van der Waals surface area contributed by atoms with Crippen molar-refractivity contribution in [2.45, 2.75) is 38.3 Å². The third kappa shape index (κ3) is 4.76. The van der Waals surface area contributed by atoms with Crippen molar-refractivity contribution in [1.82, 2.24) is 10.6 Å². The van der Waals surface area contributed by atoms with Crippen LogP contribution in [-0.2, 0) is 0 Å². The van der Waals surface area contributed by atoms with Crippen molar-refractivity contribution < 1.29 is 19.0 Å². The Morgan fingerprint density at radius 2 is 1.94 bits per heavy atom. The summed E-state index contributed by atoms with van der Waals surface area (Å²) < 4.78 is 19.9. The average Bonchev–Trinajstić information content (AvgIpc) is 3.26. The third-order valence-electron chi connectivity index (χ3n) is 5.94. The van der Waals surface area contributed by atoms with Gasteiger partial charge in [-0.3, -0.25) is 4.79 Å². The molecule has 0 bridgehead atoms. The van der Waals surface area contributed by atoms with Crippen LogP contribution in [0.3, 0.4) is 0 Å². The topological polar surface area (TPSA) is 70.6 Å². The fourth-order valence-corrected chi connectivity index (χ4v) is 4.23. The molecule has 0 spiro atoms. The van der Waals surface area contributed by atoms with Gasteiger partial charge in [0.15, 0.2) is 0 Å². The van der Waals surface area contributed by atoms with Gasteiger partial charge in [0.1, 0.15) is 11.6 Å². The zero-order valence-corrected chi connectivity index (χ0v) is 18.2. The number of ether oxygens (including phenoxy) is 1. The minimum absolute atomic E-state index is 0.0176. The van der Waals surface area contributed by atoms with E-state index >= 15 is 0 Å². The molecule has 3 aromatic rings. The number of nitrogens with one attached hydrogen (secondary N) is 2. The first-order valence-corrected chi connectivity index (χ1v) is 11.2. The van der Waals surface area contributed by atoms with Crippen molar-refractivity contribution in [3.8, 4) is 16.9 Å². The molecule has 1 amide bonds. The number of unbranched alkanes of at least 4 members (excludes halogenated alkanes) is 1. The molecule has 5 nitrogen and oxygen atoms in total. The first kappa shape index (κ1) is 22.2. The normalized spacial score (nSPS) is 18.1. The molecular formula is C26H29FN2O3. The Labute approximate surface area is 187 Å². The van der Waals surface area contributed by atoms with Crippen LogP contribution in [0.4, 0.5) is 4.39 Å². The van der Waals surface area contributed by atoms with Crippen LogP contribution in [0.15, 0.2) is 54.6 Å². The molecule has 0 saturated carbocycles. The van der Waals surface area contributed by atoms with Crippen LogP contribution >= 0.6 is 0 Å². The highest BCUT2D eigenvalue weighted by Gasteiger charge is 2.25. The van der Waals surface area contributed by atoms with E-state index in [0.717, 1.165) is 34.7 Å². The Bertz CT molecular complexity index is 1100. The lowest BCUT2D eigenvalue weighted by atomic mass is 9.94. The molecule has 32 heavy (non-hydrogen) atoms. The van der Waals surface area contributed by atoms with E-state index in [0.29, 0.717) is 30.9 Å². The van der Waals surface area contributed by atoms with Crippen molar-refractivity contribution in [3.63, 3.8) is 0 Å². The van der Waals surface area contributed by atoms with Gasteiger partial charge < -0.3 is 20.5 Å². The van der Waals surface area contributed by atoms with Gasteiger partial charge in [0.2, 0.25) is 0 Å². The summed E-state index contributed by atoms with van der Waals surface area (Å²) in [6, 6.07) is 16.0. The van der Waals surface area contributed by atoms with Crippen molar-refractivity contribution in [1.29, 1.82) is 0 Å². The summed E-state index contributed by atoms with van der Waals surface area (Å²) >= 11 is 0. The highest BCUT2D eigenvalue weighted by molar-refractivity contribution is 6.11. The van der Waals surface area contributed by atoms with Gasteiger partial charge in [0, 0.05) is 35.8 Å². The van der Waals surface area contributed by atoms with Crippen LogP contribution in [-0.4, -0.2) is 42.9 Å². The first-order valence-electron chi connectivity index (χ1n) is 11.2. The Kier molecular flexibility index (Phi) is 7.02. The van der Waals surface area contributed by atoms with E-state index in [1.807, 2.05) is 36.4 Å². The summed E-state index contributed by atoms with van der Waals surface area (Å²) in [6.45, 7) is 3.31. The minimum Gasteiger partial charge on any atom is -0.493 e. The Morgan fingerprint density at radius 1 is 1.16 bits per heavy atom. The molecule has 1 fully saturated rings. The first-order chi connectivity index (χ1) is 15.6. The van der Waals surface area contributed by atoms with Gasteiger partial charge in [0.05, 0.1) is 13.2 Å². The second kappa shape index (κ2) is 10.1. The number of carbonyl (C=O) groups is 1. The van der Waals surface area contributed by atoms with Crippen molar-refractivity contribution >= 4 is 16.7 Å². The largest absolute Gasteiger partial charge is 0.493 e. The summed E-state index contributed by atoms with van der Waals surface area (Å²) in [5, 5.41) is 17.3. The Balaban J connectivity index is 1.68. The number of fused-ring (bicyclic) bond motifs is 1. The predicted molar refractivity (Wildman–Crippen MR) is 124 cm³/mol. The number of halogens is 1. The number of benzene rings is 3. The van der Waals surface area contributed by atoms with Crippen LogP contribution in [0.5, 0.6) is 5.75 Å². The average molecular weight is 437 g/mol. The summed E-state index contributed by atoms with van der Waals surface area (Å²) in [6.07, 6.45) is 2.59. The van der Waals surface area contributed by atoms with Gasteiger partial charge in [-0.25, -0.2) is 4.39 Å². The standard InChI is InChI=1S/C26H29FN2O3/c1-2-3-12-32-25-13-17(27)8-9-23(25)22-10-11-24(21-7-5-4-6-20(21)22)26(31)29-18-14-19(16-30)28-15-18/h4-11,13,18-19,28,30H,2-3,12,14-16H2,1H3,(H,29,31)/t18-,19+/m1/s1. The molecule has 1 aliphatic rings. The number of hydrogen-bond acceptors (Lipinski definition) is 4. The quantitative estimate of drug-likeness (QED) is 0.461. The number of aliphatic hydroxyl groups excluding tert-OH is 1. The molecule has 0 unspecified atom stereocenters. The molecule has 0 aliphatic carbocycles. The molecule has 168 valence electrons. The lowest BCUT2D eigenvalue weighted by Crippen LogP contribution is -2.36. The molecule has 0 aromatic heterocycles. The van der Waals surface area contributed by atoms with Gasteiger partial charge in [-0.1, -0.05) is 43.7 Å². The number of rotatable bonds is 8. The Hall–Kier alpha value is -2.96. The highest BCUT2D eigenvalue weighted by Crippen LogP contribution is 2.37. The fraction of sp³-hybridized carbons (Fsp3) is 0.346. The maximum Gasteiger partial charge on any atom is 0.252 e. The molecule has 2 atom stereocenters. The number of aliphatic hydroxyl groups is 1. The van der Waals surface area contributed by atoms with Gasteiger partial charge in [-0.15, -0.1) is 0 Å². The van der Waals surface area contributed by atoms with E-state index in [4.69, 9.17) is 4.74 Å². The lowest BCUT2D eigenvalue weighted by Gasteiger charge is -2.17.